The van der Waals surface area contributed by atoms with Crippen LogP contribution in [0.5, 0.6) is 0 Å². The number of nitrogens with zero attached hydrogens (tertiary/aromatic N) is 2. The number of aromatic nitrogens is 3. The van der Waals surface area contributed by atoms with Gasteiger partial charge in [-0.15, -0.1) is 10.2 Å². The van der Waals surface area contributed by atoms with Crippen LogP contribution in [0.4, 0.5) is 4.79 Å². The predicted molar refractivity (Wildman–Crippen MR) is 119 cm³/mol. The highest BCUT2D eigenvalue weighted by Gasteiger charge is 2.36. The van der Waals surface area contributed by atoms with Gasteiger partial charge >= 0.3 is 12.1 Å². The Kier molecular flexibility index (Phi) is 6.66. The second-order valence-corrected chi connectivity index (χ2v) is 8.67. The van der Waals surface area contributed by atoms with E-state index in [0.717, 1.165) is 5.56 Å². The van der Waals surface area contributed by atoms with Crippen molar-refractivity contribution in [3.8, 4) is 11.5 Å². The Balaban J connectivity index is 1.98. The Hall–Kier alpha value is -3.95. The van der Waals surface area contributed by atoms with Crippen LogP contribution in [0.1, 0.15) is 49.6 Å². The number of pyridine rings is 1. The van der Waals surface area contributed by atoms with E-state index in [-0.39, 0.29) is 23.0 Å². The molecule has 3 aromatic rings. The molecular formula is C23H26N4O6. The number of methoxy groups -OCH3 is 1. The van der Waals surface area contributed by atoms with Crippen LogP contribution in [0, 0.1) is 0 Å². The minimum absolute atomic E-state index is 0.00604. The van der Waals surface area contributed by atoms with Gasteiger partial charge in [-0.2, -0.15) is 0 Å². The summed E-state index contributed by atoms with van der Waals surface area (Å²) >= 11 is 0. The molecule has 0 aliphatic heterocycles. The number of rotatable bonds is 6. The molecule has 1 atom stereocenters. The number of benzene rings is 1. The van der Waals surface area contributed by atoms with E-state index < -0.39 is 28.8 Å². The van der Waals surface area contributed by atoms with E-state index >= 15 is 0 Å². The number of aromatic amines is 1. The quantitative estimate of drug-likeness (QED) is 0.542. The molecule has 0 unspecified atom stereocenters. The largest absolute Gasteiger partial charge is 0.464 e. The van der Waals surface area contributed by atoms with Gasteiger partial charge in [0.15, 0.2) is 0 Å². The van der Waals surface area contributed by atoms with Crippen LogP contribution >= 0.6 is 0 Å². The van der Waals surface area contributed by atoms with Gasteiger partial charge in [0.05, 0.1) is 7.11 Å². The fraction of sp³-hybridized carbons (Fsp3) is 0.348. The minimum atomic E-state index is -1.12. The summed E-state index contributed by atoms with van der Waals surface area (Å²) in [5.41, 5.74) is -1.27. The maximum atomic E-state index is 12.6. The Morgan fingerprint density at radius 1 is 1.09 bits per heavy atom. The number of H-pyrrole nitrogens is 1. The molecule has 0 saturated heterocycles. The van der Waals surface area contributed by atoms with Gasteiger partial charge in [-0.25, -0.2) is 9.59 Å². The van der Waals surface area contributed by atoms with E-state index in [1.807, 2.05) is 30.3 Å². The first-order chi connectivity index (χ1) is 15.5. The SMILES string of the molecule is COC(=O)c1cc(-c2nnc([C@@](C)(Cc3ccccc3)NC(=O)OC(C)(C)C)o2)cc(=O)[nH]1. The third kappa shape index (κ3) is 6.06. The number of carbonyl (C=O) groups excluding carboxylic acids is 2. The van der Waals surface area contributed by atoms with Crippen molar-refractivity contribution in [2.75, 3.05) is 7.11 Å². The lowest BCUT2D eigenvalue weighted by Crippen LogP contribution is -2.47. The zero-order valence-corrected chi connectivity index (χ0v) is 19.1. The van der Waals surface area contributed by atoms with Crippen LogP contribution in [-0.4, -0.2) is 40.0 Å². The summed E-state index contributed by atoms with van der Waals surface area (Å²) < 4.78 is 15.9. The van der Waals surface area contributed by atoms with Crippen molar-refractivity contribution in [2.45, 2.75) is 45.3 Å². The molecule has 0 bridgehead atoms. The van der Waals surface area contributed by atoms with E-state index in [1.54, 1.807) is 27.7 Å². The van der Waals surface area contributed by atoms with Crippen LogP contribution in [0.3, 0.4) is 0 Å². The summed E-state index contributed by atoms with van der Waals surface area (Å²) in [4.78, 5) is 38.8. The summed E-state index contributed by atoms with van der Waals surface area (Å²) in [6.45, 7) is 7.02. The van der Waals surface area contributed by atoms with Crippen molar-refractivity contribution in [1.29, 1.82) is 0 Å². The molecule has 1 amide bonds. The summed E-state index contributed by atoms with van der Waals surface area (Å²) in [6.07, 6.45) is -0.317. The van der Waals surface area contributed by atoms with Crippen LogP contribution in [-0.2, 0) is 21.4 Å². The Morgan fingerprint density at radius 2 is 1.79 bits per heavy atom. The van der Waals surface area contributed by atoms with Crippen molar-refractivity contribution >= 4 is 12.1 Å². The van der Waals surface area contributed by atoms with E-state index in [4.69, 9.17) is 9.15 Å². The lowest BCUT2D eigenvalue weighted by molar-refractivity contribution is 0.0443. The van der Waals surface area contributed by atoms with Crippen molar-refractivity contribution < 1.29 is 23.5 Å². The minimum Gasteiger partial charge on any atom is -0.464 e. The second kappa shape index (κ2) is 9.27. The number of hydrogen-bond donors (Lipinski definition) is 2. The van der Waals surface area contributed by atoms with Gasteiger partial charge in [-0.1, -0.05) is 30.3 Å². The van der Waals surface area contributed by atoms with Gasteiger partial charge in [0.1, 0.15) is 16.8 Å². The van der Waals surface area contributed by atoms with Gasteiger partial charge in [-0.05, 0) is 39.3 Å². The fourth-order valence-corrected chi connectivity index (χ4v) is 3.16. The number of carbonyl (C=O) groups is 2. The van der Waals surface area contributed by atoms with E-state index in [9.17, 15) is 14.4 Å². The van der Waals surface area contributed by atoms with Crippen LogP contribution in [0.15, 0.2) is 51.7 Å². The van der Waals surface area contributed by atoms with Crippen molar-refractivity contribution in [2.24, 2.45) is 0 Å². The molecule has 0 spiro atoms. The zero-order valence-electron chi connectivity index (χ0n) is 19.1. The molecule has 10 heteroatoms. The predicted octanol–water partition coefficient (Wildman–Crippen LogP) is 3.19. The number of nitrogens with one attached hydrogen (secondary N) is 2. The van der Waals surface area contributed by atoms with Crippen LogP contribution in [0.25, 0.3) is 11.5 Å². The monoisotopic (exact) mass is 454 g/mol. The molecule has 10 nitrogen and oxygen atoms in total. The molecule has 0 saturated carbocycles. The standard InChI is InChI=1S/C23H26N4O6/c1-22(2,3)33-21(30)25-23(4,13-14-9-7-6-8-10-14)20-27-26-18(32-20)15-11-16(19(29)31-5)24-17(28)12-15/h6-12H,13H2,1-5H3,(H,24,28)(H,25,30)/t23-/m1/s1. The Morgan fingerprint density at radius 3 is 2.42 bits per heavy atom. The topological polar surface area (TPSA) is 136 Å². The first-order valence-corrected chi connectivity index (χ1v) is 10.2. The number of ether oxygens (including phenoxy) is 2. The lowest BCUT2D eigenvalue weighted by Gasteiger charge is -2.29. The number of alkyl carbamates (subject to hydrolysis) is 1. The van der Waals surface area contributed by atoms with Gasteiger partial charge < -0.3 is 24.2 Å². The molecule has 1 aromatic carbocycles. The van der Waals surface area contributed by atoms with E-state index in [0.29, 0.717) is 6.42 Å². The third-order valence-corrected chi connectivity index (χ3v) is 4.57. The van der Waals surface area contributed by atoms with E-state index in [1.165, 1.54) is 19.2 Å². The van der Waals surface area contributed by atoms with Crippen LogP contribution in [0.2, 0.25) is 0 Å². The van der Waals surface area contributed by atoms with Gasteiger partial charge in [0, 0.05) is 18.1 Å². The molecule has 0 radical (unpaired) electrons. The molecule has 0 fully saturated rings. The summed E-state index contributed by atoms with van der Waals surface area (Å²) in [7, 11) is 1.20. The molecule has 174 valence electrons. The molecule has 0 aliphatic rings. The van der Waals surface area contributed by atoms with Crippen LogP contribution < -0.4 is 10.9 Å². The molecule has 33 heavy (non-hydrogen) atoms. The molecule has 0 aliphatic carbocycles. The highest BCUT2D eigenvalue weighted by atomic mass is 16.6. The molecule has 3 rings (SSSR count). The molecular weight excluding hydrogens is 428 g/mol. The van der Waals surface area contributed by atoms with Gasteiger partial charge in [0.25, 0.3) is 0 Å². The zero-order chi connectivity index (χ0) is 24.2. The third-order valence-electron chi connectivity index (χ3n) is 4.57. The first kappa shape index (κ1) is 23.7. The second-order valence-electron chi connectivity index (χ2n) is 8.67. The van der Waals surface area contributed by atoms with E-state index in [2.05, 4.69) is 25.2 Å². The average Bonchev–Trinajstić information content (AvgIpc) is 3.23. The maximum Gasteiger partial charge on any atom is 0.408 e. The van der Waals surface area contributed by atoms with Crippen molar-refractivity contribution in [3.63, 3.8) is 0 Å². The maximum absolute atomic E-state index is 12.6. The lowest BCUT2D eigenvalue weighted by atomic mass is 9.92. The van der Waals surface area contributed by atoms with Gasteiger partial charge in [0.2, 0.25) is 17.3 Å². The molecule has 2 heterocycles. The summed E-state index contributed by atoms with van der Waals surface area (Å²) in [6, 6.07) is 12.1. The normalized spacial score (nSPS) is 13.1. The van der Waals surface area contributed by atoms with Gasteiger partial charge in [-0.3, -0.25) is 4.79 Å². The van der Waals surface area contributed by atoms with Crippen molar-refractivity contribution in [3.05, 3.63) is 70.0 Å². The Labute approximate surface area is 190 Å². The Bertz CT molecular complexity index is 1200. The summed E-state index contributed by atoms with van der Waals surface area (Å²) in [5.74, 6) is -0.604. The highest BCUT2D eigenvalue weighted by Crippen LogP contribution is 2.28. The average molecular weight is 454 g/mol. The number of esters is 1. The molecule has 2 aromatic heterocycles. The summed E-state index contributed by atoms with van der Waals surface area (Å²) in [5, 5.41) is 11.0. The fourth-order valence-electron chi connectivity index (χ4n) is 3.16. The number of amides is 1. The highest BCUT2D eigenvalue weighted by molar-refractivity contribution is 5.88. The van der Waals surface area contributed by atoms with Crippen molar-refractivity contribution in [1.82, 2.24) is 20.5 Å². The smallest absolute Gasteiger partial charge is 0.408 e. The molecule has 2 N–H and O–H groups in total. The first-order valence-electron chi connectivity index (χ1n) is 10.2. The number of hydrogen-bond acceptors (Lipinski definition) is 8.